The Balaban J connectivity index is 4.21. The summed E-state index contributed by atoms with van der Waals surface area (Å²) in [6.07, 6.45) is 25.7. The smallest absolute Gasteiger partial charge is 0.306 e. The molecule has 0 aromatic rings. The molecule has 0 aromatic heterocycles. The van der Waals surface area contributed by atoms with Gasteiger partial charge in [-0.15, -0.1) is 0 Å². The Kier molecular flexibility index (Phi) is 29.8. The van der Waals surface area contributed by atoms with Crippen molar-refractivity contribution in [1.29, 1.82) is 0 Å². The molecular formula is C35H65NO7. The molecule has 0 fully saturated rings. The van der Waals surface area contributed by atoms with Gasteiger partial charge in [0, 0.05) is 19.3 Å². The maximum Gasteiger partial charge on any atom is 0.306 e. The second-order valence-electron chi connectivity index (χ2n) is 12.1. The van der Waals surface area contributed by atoms with Crippen LogP contribution in [0.5, 0.6) is 0 Å². The van der Waals surface area contributed by atoms with Crippen LogP contribution in [0.4, 0.5) is 0 Å². The molecule has 0 unspecified atom stereocenters. The average Bonchev–Trinajstić information content (AvgIpc) is 2.98. The van der Waals surface area contributed by atoms with Crippen LogP contribution in [0.2, 0.25) is 0 Å². The first-order valence-corrected chi connectivity index (χ1v) is 17.7. The van der Waals surface area contributed by atoms with Crippen LogP contribution in [0.3, 0.4) is 0 Å². The minimum Gasteiger partial charge on any atom is -0.481 e. The molecule has 8 nitrogen and oxygen atoms in total. The summed E-state index contributed by atoms with van der Waals surface area (Å²) in [5.41, 5.74) is 0. The fourth-order valence-electron chi connectivity index (χ4n) is 5.04. The molecule has 0 aliphatic heterocycles. The molecule has 0 radical (unpaired) electrons. The molecule has 0 saturated carbocycles. The number of carboxylic acid groups (broad SMARTS) is 1. The highest BCUT2D eigenvalue weighted by Crippen LogP contribution is 2.14. The van der Waals surface area contributed by atoms with Gasteiger partial charge in [0.15, 0.2) is 6.10 Å². The van der Waals surface area contributed by atoms with E-state index in [1.54, 1.807) is 0 Å². The SMILES string of the molecule is CCCCCCCCCCCCCC(=O)OC[C@@H](CNC(=O)CCC(=O)O)OC(=O)CCCCCCCCCCCCC. The van der Waals surface area contributed by atoms with E-state index in [-0.39, 0.29) is 44.4 Å². The zero-order valence-electron chi connectivity index (χ0n) is 27.8. The molecule has 1 amide bonds. The quantitative estimate of drug-likeness (QED) is 0.0576. The molecule has 8 heteroatoms. The Morgan fingerprint density at radius 1 is 0.535 bits per heavy atom. The van der Waals surface area contributed by atoms with Gasteiger partial charge < -0.3 is 19.9 Å². The predicted octanol–water partition coefficient (Wildman–Crippen LogP) is 8.82. The molecule has 0 rings (SSSR count). The van der Waals surface area contributed by atoms with Crippen molar-refractivity contribution in [3.63, 3.8) is 0 Å². The van der Waals surface area contributed by atoms with E-state index in [9.17, 15) is 19.2 Å². The van der Waals surface area contributed by atoms with Gasteiger partial charge in [-0.05, 0) is 12.8 Å². The molecule has 0 aliphatic rings. The molecular weight excluding hydrogens is 546 g/mol. The molecule has 0 spiro atoms. The number of nitrogens with one attached hydrogen (secondary N) is 1. The number of unbranched alkanes of at least 4 members (excludes halogenated alkanes) is 20. The number of hydrogen-bond donors (Lipinski definition) is 2. The monoisotopic (exact) mass is 611 g/mol. The molecule has 0 bridgehead atoms. The maximum atomic E-state index is 12.4. The first-order chi connectivity index (χ1) is 20.9. The molecule has 252 valence electrons. The molecule has 0 saturated heterocycles. The molecule has 0 aromatic carbocycles. The largest absolute Gasteiger partial charge is 0.481 e. The van der Waals surface area contributed by atoms with Crippen LogP contribution >= 0.6 is 0 Å². The van der Waals surface area contributed by atoms with Crippen molar-refractivity contribution in [2.45, 2.75) is 187 Å². The highest BCUT2D eigenvalue weighted by atomic mass is 16.6. The number of carboxylic acids is 1. The summed E-state index contributed by atoms with van der Waals surface area (Å²) in [5, 5.41) is 11.4. The van der Waals surface area contributed by atoms with Gasteiger partial charge in [-0.3, -0.25) is 19.2 Å². The topological polar surface area (TPSA) is 119 Å². The first-order valence-electron chi connectivity index (χ1n) is 17.7. The lowest BCUT2D eigenvalue weighted by Gasteiger charge is -2.19. The van der Waals surface area contributed by atoms with Gasteiger partial charge >= 0.3 is 17.9 Å². The van der Waals surface area contributed by atoms with Crippen LogP contribution in [0.25, 0.3) is 0 Å². The minimum absolute atomic E-state index is 0.0197. The van der Waals surface area contributed by atoms with Crippen molar-refractivity contribution in [3.05, 3.63) is 0 Å². The van der Waals surface area contributed by atoms with E-state index in [0.717, 1.165) is 38.5 Å². The van der Waals surface area contributed by atoms with Gasteiger partial charge in [0.25, 0.3) is 0 Å². The zero-order valence-corrected chi connectivity index (χ0v) is 27.8. The van der Waals surface area contributed by atoms with Gasteiger partial charge in [0.05, 0.1) is 13.0 Å². The lowest BCUT2D eigenvalue weighted by Crippen LogP contribution is -2.38. The summed E-state index contributed by atoms with van der Waals surface area (Å²) in [6.45, 7) is 4.32. The van der Waals surface area contributed by atoms with Gasteiger partial charge in [-0.2, -0.15) is 0 Å². The fraction of sp³-hybridized carbons (Fsp3) is 0.886. The standard InChI is InChI=1S/C35H65NO7/c1-3-5-7-9-11-13-15-17-19-21-23-25-34(40)42-30-31(29-36-32(37)27-28-33(38)39)43-35(41)26-24-22-20-18-16-14-12-10-8-6-4-2/h31H,3-30H2,1-2H3,(H,36,37)(H,38,39)/t31-/m1/s1. The zero-order chi connectivity index (χ0) is 31.8. The highest BCUT2D eigenvalue weighted by Gasteiger charge is 2.18. The van der Waals surface area contributed by atoms with Crippen molar-refractivity contribution < 1.29 is 33.8 Å². The Hall–Kier alpha value is -2.12. The lowest BCUT2D eigenvalue weighted by molar-refractivity contribution is -0.159. The third kappa shape index (κ3) is 31.1. The summed E-state index contributed by atoms with van der Waals surface area (Å²) < 4.78 is 10.9. The van der Waals surface area contributed by atoms with Crippen molar-refractivity contribution in [2.75, 3.05) is 13.2 Å². The van der Waals surface area contributed by atoms with E-state index < -0.39 is 18.0 Å². The van der Waals surface area contributed by atoms with E-state index >= 15 is 0 Å². The van der Waals surface area contributed by atoms with Crippen molar-refractivity contribution >= 4 is 23.8 Å². The Morgan fingerprint density at radius 3 is 1.35 bits per heavy atom. The van der Waals surface area contributed by atoms with Gasteiger partial charge in [0.1, 0.15) is 6.61 Å². The van der Waals surface area contributed by atoms with Gasteiger partial charge in [0.2, 0.25) is 5.91 Å². The lowest BCUT2D eigenvalue weighted by atomic mass is 10.1. The van der Waals surface area contributed by atoms with Crippen LogP contribution in [0.15, 0.2) is 0 Å². The summed E-state index contributed by atoms with van der Waals surface area (Å²) in [6, 6.07) is 0. The number of aliphatic carboxylic acids is 1. The molecule has 0 heterocycles. The van der Waals surface area contributed by atoms with Crippen molar-refractivity contribution in [2.24, 2.45) is 0 Å². The first kappa shape index (κ1) is 40.9. The molecule has 43 heavy (non-hydrogen) atoms. The minimum atomic E-state index is -1.05. The van der Waals surface area contributed by atoms with E-state index in [2.05, 4.69) is 19.2 Å². The van der Waals surface area contributed by atoms with Crippen molar-refractivity contribution in [1.82, 2.24) is 5.32 Å². The normalized spacial score (nSPS) is 11.7. The number of ether oxygens (including phenoxy) is 2. The summed E-state index contributed by atoms with van der Waals surface area (Å²) >= 11 is 0. The third-order valence-corrected chi connectivity index (χ3v) is 7.79. The molecule has 0 aliphatic carbocycles. The van der Waals surface area contributed by atoms with Gasteiger partial charge in [-0.1, -0.05) is 142 Å². The van der Waals surface area contributed by atoms with Crippen LogP contribution in [-0.2, 0) is 28.7 Å². The number of esters is 2. The van der Waals surface area contributed by atoms with Crippen LogP contribution in [0.1, 0.15) is 181 Å². The van der Waals surface area contributed by atoms with E-state index in [1.807, 2.05) is 0 Å². The van der Waals surface area contributed by atoms with Crippen LogP contribution in [0, 0.1) is 0 Å². The van der Waals surface area contributed by atoms with Crippen molar-refractivity contribution in [3.8, 4) is 0 Å². The van der Waals surface area contributed by atoms with E-state index in [0.29, 0.717) is 6.42 Å². The number of hydrogen-bond acceptors (Lipinski definition) is 6. The second-order valence-corrected chi connectivity index (χ2v) is 12.1. The highest BCUT2D eigenvalue weighted by molar-refractivity contribution is 5.80. The van der Waals surface area contributed by atoms with Gasteiger partial charge in [-0.25, -0.2) is 0 Å². The third-order valence-electron chi connectivity index (χ3n) is 7.79. The number of carbonyl (C=O) groups excluding carboxylic acids is 3. The second kappa shape index (κ2) is 31.3. The van der Waals surface area contributed by atoms with Crippen LogP contribution < -0.4 is 5.32 Å². The van der Waals surface area contributed by atoms with E-state index in [1.165, 1.54) is 103 Å². The Bertz CT molecular complexity index is 698. The summed E-state index contributed by atoms with van der Waals surface area (Å²) in [4.78, 5) is 47.4. The maximum absolute atomic E-state index is 12.4. The number of amides is 1. The average molecular weight is 612 g/mol. The Labute approximate surface area is 262 Å². The van der Waals surface area contributed by atoms with Crippen LogP contribution in [-0.4, -0.2) is 48.2 Å². The number of rotatable bonds is 32. The summed E-state index contributed by atoms with van der Waals surface area (Å²) in [5.74, 6) is -2.20. The molecule has 1 atom stereocenters. The predicted molar refractivity (Wildman–Crippen MR) is 173 cm³/mol. The molecule has 2 N–H and O–H groups in total. The fourth-order valence-corrected chi connectivity index (χ4v) is 5.04. The Morgan fingerprint density at radius 2 is 0.930 bits per heavy atom. The summed E-state index contributed by atoms with van der Waals surface area (Å²) in [7, 11) is 0. The van der Waals surface area contributed by atoms with E-state index in [4.69, 9.17) is 14.6 Å². The number of carbonyl (C=O) groups is 4.